The lowest BCUT2D eigenvalue weighted by Gasteiger charge is -2.18. The van der Waals surface area contributed by atoms with Crippen LogP contribution in [0.1, 0.15) is 15.9 Å². The number of benzene rings is 2. The van der Waals surface area contributed by atoms with Crippen LogP contribution in [-0.2, 0) is 0 Å². The third kappa shape index (κ3) is 3.30. The van der Waals surface area contributed by atoms with Gasteiger partial charge in [-0.25, -0.2) is 8.78 Å². The quantitative estimate of drug-likeness (QED) is 0.437. The molecule has 0 radical (unpaired) electrons. The minimum Gasteiger partial charge on any atom is -0.389 e. The summed E-state index contributed by atoms with van der Waals surface area (Å²) in [4.78, 5) is 17.5. The number of nitrogens with zero attached hydrogens (tertiary/aromatic N) is 2. The zero-order chi connectivity index (χ0) is 22.3. The van der Waals surface area contributed by atoms with Crippen molar-refractivity contribution in [3.8, 4) is 17.2 Å². The first-order chi connectivity index (χ1) is 14.9. The van der Waals surface area contributed by atoms with Crippen LogP contribution in [0, 0.1) is 23.0 Å². The van der Waals surface area contributed by atoms with Gasteiger partial charge in [0.25, 0.3) is 5.91 Å². The predicted molar refractivity (Wildman–Crippen MR) is 119 cm³/mol. The van der Waals surface area contributed by atoms with E-state index in [1.165, 1.54) is 23.1 Å². The van der Waals surface area contributed by atoms with Gasteiger partial charge in [0.05, 0.1) is 21.3 Å². The van der Waals surface area contributed by atoms with Crippen molar-refractivity contribution in [2.75, 3.05) is 32.9 Å². The number of amides is 1. The number of rotatable bonds is 5. The zero-order valence-electron chi connectivity index (χ0n) is 16.8. The number of nitrogen functional groups attached to an aromatic ring is 1. The second-order valence-corrected chi connectivity index (χ2v) is 8.18. The summed E-state index contributed by atoms with van der Waals surface area (Å²) in [6.07, 6.45) is 1.62. The molecule has 0 saturated carbocycles. The van der Waals surface area contributed by atoms with Crippen molar-refractivity contribution in [2.45, 2.75) is 0 Å². The molecule has 9 heteroatoms. The number of halogens is 2. The standard InChI is InChI=1S/C22H19F2N5OS/c1-27-7-8-29(2)22(30)13-9-16(24)17(12-5-6-28-19(12)13)11-3-4-15(23)20-18(11)14(10-25)21(26)31-20/h3-6,9,27-28H,7-8,26H2,1-2H3. The van der Waals surface area contributed by atoms with Gasteiger partial charge in [0.1, 0.15) is 22.7 Å². The third-order valence-corrected chi connectivity index (χ3v) is 6.30. The summed E-state index contributed by atoms with van der Waals surface area (Å²) in [5.74, 6) is -1.49. The minimum atomic E-state index is -0.640. The molecule has 0 unspecified atom stereocenters. The number of likely N-dealkylation sites (N-methyl/N-ethyl adjacent to an activating group) is 2. The van der Waals surface area contributed by atoms with Crippen molar-refractivity contribution >= 4 is 43.2 Å². The Morgan fingerprint density at radius 2 is 2.10 bits per heavy atom. The maximum atomic E-state index is 15.5. The highest BCUT2D eigenvalue weighted by Gasteiger charge is 2.24. The van der Waals surface area contributed by atoms with E-state index in [0.717, 1.165) is 11.3 Å². The molecule has 0 atom stereocenters. The van der Waals surface area contributed by atoms with Crippen molar-refractivity contribution in [1.29, 1.82) is 5.26 Å². The molecule has 1 amide bonds. The van der Waals surface area contributed by atoms with Crippen molar-refractivity contribution in [2.24, 2.45) is 0 Å². The number of nitrogens with one attached hydrogen (secondary N) is 2. The van der Waals surface area contributed by atoms with Crippen LogP contribution in [0.4, 0.5) is 13.8 Å². The highest BCUT2D eigenvalue weighted by molar-refractivity contribution is 7.23. The lowest BCUT2D eigenvalue weighted by Crippen LogP contribution is -2.33. The molecule has 4 rings (SSSR count). The average molecular weight is 439 g/mol. The summed E-state index contributed by atoms with van der Waals surface area (Å²) >= 11 is 0.955. The van der Waals surface area contributed by atoms with Gasteiger partial charge >= 0.3 is 0 Å². The Morgan fingerprint density at radius 3 is 2.81 bits per heavy atom. The van der Waals surface area contributed by atoms with E-state index in [0.29, 0.717) is 29.6 Å². The summed E-state index contributed by atoms with van der Waals surface area (Å²) in [6.45, 7) is 1.06. The molecular formula is C22H19F2N5OS. The molecule has 0 saturated heterocycles. The number of aromatic nitrogens is 1. The number of nitrogens with two attached hydrogens (primary N) is 1. The molecule has 2 heterocycles. The SMILES string of the molecule is CNCCN(C)C(=O)c1cc(F)c(-c2ccc(F)c3sc(N)c(C#N)c23)c2cc[nH]c12. The molecule has 4 N–H and O–H groups in total. The van der Waals surface area contributed by atoms with Crippen molar-refractivity contribution < 1.29 is 13.6 Å². The van der Waals surface area contributed by atoms with E-state index >= 15 is 4.39 Å². The fraction of sp³-hybridized carbons (Fsp3) is 0.182. The number of H-pyrrole nitrogens is 1. The van der Waals surface area contributed by atoms with E-state index in [4.69, 9.17) is 5.73 Å². The maximum Gasteiger partial charge on any atom is 0.255 e. The number of anilines is 1. The van der Waals surface area contributed by atoms with Crippen LogP contribution in [0.3, 0.4) is 0 Å². The van der Waals surface area contributed by atoms with Crippen LogP contribution in [0.2, 0.25) is 0 Å². The topological polar surface area (TPSA) is 97.9 Å². The average Bonchev–Trinajstić information content (AvgIpc) is 3.36. The molecule has 4 aromatic rings. The second kappa shape index (κ2) is 7.98. The molecule has 0 aliphatic heterocycles. The first kappa shape index (κ1) is 20.8. The first-order valence-electron chi connectivity index (χ1n) is 9.49. The maximum absolute atomic E-state index is 15.5. The smallest absolute Gasteiger partial charge is 0.255 e. The van der Waals surface area contributed by atoms with Crippen LogP contribution >= 0.6 is 11.3 Å². The van der Waals surface area contributed by atoms with Gasteiger partial charge in [0, 0.05) is 42.7 Å². The van der Waals surface area contributed by atoms with Gasteiger partial charge in [0.2, 0.25) is 0 Å². The van der Waals surface area contributed by atoms with E-state index in [9.17, 15) is 14.4 Å². The van der Waals surface area contributed by atoms with Gasteiger partial charge in [-0.15, -0.1) is 11.3 Å². The molecule has 0 fully saturated rings. The Bertz CT molecular complexity index is 1370. The second-order valence-electron chi connectivity index (χ2n) is 7.13. The molecule has 158 valence electrons. The van der Waals surface area contributed by atoms with E-state index in [1.807, 2.05) is 6.07 Å². The van der Waals surface area contributed by atoms with Gasteiger partial charge in [-0.3, -0.25) is 4.79 Å². The van der Waals surface area contributed by atoms with Crippen LogP contribution in [0.25, 0.3) is 32.1 Å². The van der Waals surface area contributed by atoms with Crippen LogP contribution < -0.4 is 11.1 Å². The number of aromatic amines is 1. The fourth-order valence-corrected chi connectivity index (χ4v) is 4.69. The van der Waals surface area contributed by atoms with Gasteiger partial charge < -0.3 is 20.9 Å². The van der Waals surface area contributed by atoms with Gasteiger partial charge in [-0.05, 0) is 30.8 Å². The van der Waals surface area contributed by atoms with E-state index in [1.54, 1.807) is 26.4 Å². The van der Waals surface area contributed by atoms with Crippen LogP contribution in [0.15, 0.2) is 30.5 Å². The van der Waals surface area contributed by atoms with Crippen molar-refractivity contribution in [1.82, 2.24) is 15.2 Å². The first-order valence-corrected chi connectivity index (χ1v) is 10.3. The Labute approximate surface area is 180 Å². The normalized spacial score (nSPS) is 11.2. The Kier molecular flexibility index (Phi) is 5.35. The monoisotopic (exact) mass is 439 g/mol. The predicted octanol–water partition coefficient (Wildman–Crippen LogP) is 4.07. The number of carbonyl (C=O) groups excluding carboxylic acids is 1. The van der Waals surface area contributed by atoms with Gasteiger partial charge in [-0.2, -0.15) is 5.26 Å². The minimum absolute atomic E-state index is 0.115. The number of nitriles is 1. The Morgan fingerprint density at radius 1 is 1.32 bits per heavy atom. The molecule has 0 aliphatic carbocycles. The summed E-state index contributed by atoms with van der Waals surface area (Å²) in [6, 6.07) is 7.52. The summed E-state index contributed by atoms with van der Waals surface area (Å²) in [7, 11) is 3.43. The molecular weight excluding hydrogens is 420 g/mol. The third-order valence-electron chi connectivity index (χ3n) is 5.27. The molecule has 0 aliphatic rings. The van der Waals surface area contributed by atoms with Gasteiger partial charge in [0.15, 0.2) is 0 Å². The van der Waals surface area contributed by atoms with E-state index in [-0.39, 0.29) is 37.7 Å². The molecule has 0 bridgehead atoms. The molecule has 0 spiro atoms. The summed E-state index contributed by atoms with van der Waals surface area (Å²) in [5.41, 5.74) is 7.24. The Balaban J connectivity index is 1.97. The van der Waals surface area contributed by atoms with E-state index < -0.39 is 11.6 Å². The number of fused-ring (bicyclic) bond motifs is 2. The van der Waals surface area contributed by atoms with Crippen LogP contribution in [0.5, 0.6) is 0 Å². The fourth-order valence-electron chi connectivity index (χ4n) is 3.74. The number of hydrogen-bond acceptors (Lipinski definition) is 5. The summed E-state index contributed by atoms with van der Waals surface area (Å²) < 4.78 is 30.1. The highest BCUT2D eigenvalue weighted by Crippen LogP contribution is 2.43. The van der Waals surface area contributed by atoms with Crippen molar-refractivity contribution in [3.05, 3.63) is 53.2 Å². The lowest BCUT2D eigenvalue weighted by molar-refractivity contribution is 0.0798. The highest BCUT2D eigenvalue weighted by atomic mass is 32.1. The molecule has 6 nitrogen and oxygen atoms in total. The molecule has 31 heavy (non-hydrogen) atoms. The van der Waals surface area contributed by atoms with Gasteiger partial charge in [-0.1, -0.05) is 6.07 Å². The summed E-state index contributed by atoms with van der Waals surface area (Å²) in [5, 5.41) is 13.4. The Hall–Kier alpha value is -3.48. The van der Waals surface area contributed by atoms with Crippen LogP contribution in [-0.4, -0.2) is 43.0 Å². The molecule has 2 aromatic carbocycles. The lowest BCUT2D eigenvalue weighted by atomic mass is 9.94. The van der Waals surface area contributed by atoms with Crippen molar-refractivity contribution in [3.63, 3.8) is 0 Å². The number of hydrogen-bond donors (Lipinski definition) is 3. The number of carbonyl (C=O) groups is 1. The zero-order valence-corrected chi connectivity index (χ0v) is 17.7. The largest absolute Gasteiger partial charge is 0.389 e. The van der Waals surface area contributed by atoms with E-state index in [2.05, 4.69) is 10.3 Å². The number of thiophene rings is 1. The molecule has 2 aromatic heterocycles.